The average molecular weight is 474 g/mol. The maximum absolute atomic E-state index is 14.6. The number of hydrogen-bond donors (Lipinski definition) is 1. The van der Waals surface area contributed by atoms with E-state index in [0.29, 0.717) is 16.9 Å². The highest BCUT2D eigenvalue weighted by molar-refractivity contribution is 9.10. The minimum absolute atomic E-state index is 0.00929. The van der Waals surface area contributed by atoms with E-state index in [-0.39, 0.29) is 16.5 Å². The lowest BCUT2D eigenvalue weighted by Crippen LogP contribution is -2.54. The molecule has 0 saturated carbocycles. The smallest absolute Gasteiger partial charge is 0.270 e. The van der Waals surface area contributed by atoms with Gasteiger partial charge in [-0.05, 0) is 73.1 Å². The van der Waals surface area contributed by atoms with Crippen molar-refractivity contribution in [3.63, 3.8) is 0 Å². The lowest BCUT2D eigenvalue weighted by Gasteiger charge is -2.29. The zero-order valence-electron chi connectivity index (χ0n) is 15.3. The van der Waals surface area contributed by atoms with Crippen LogP contribution in [0, 0.1) is 5.82 Å². The van der Waals surface area contributed by atoms with Crippen molar-refractivity contribution >= 4 is 62.5 Å². The Morgan fingerprint density at radius 1 is 1.07 bits per heavy atom. The minimum Gasteiger partial charge on any atom is -0.369 e. The Kier molecular flexibility index (Phi) is 5.47. The van der Waals surface area contributed by atoms with E-state index in [1.165, 1.54) is 17.0 Å². The molecule has 0 bridgehead atoms. The van der Waals surface area contributed by atoms with E-state index in [1.54, 1.807) is 36.4 Å². The molecule has 5 nitrogen and oxygen atoms in total. The molecule has 2 fully saturated rings. The Bertz CT molecular complexity index is 1030. The second-order valence-corrected chi connectivity index (χ2v) is 8.14. The molecule has 2 aliphatic rings. The van der Waals surface area contributed by atoms with Gasteiger partial charge >= 0.3 is 0 Å². The van der Waals surface area contributed by atoms with Crippen molar-refractivity contribution in [3.8, 4) is 0 Å². The summed E-state index contributed by atoms with van der Waals surface area (Å²) in [5.74, 6) is -1.52. The van der Waals surface area contributed by atoms with Crippen molar-refractivity contribution in [2.75, 3.05) is 22.9 Å². The van der Waals surface area contributed by atoms with Gasteiger partial charge in [0.1, 0.15) is 11.4 Å². The number of rotatable bonds is 3. The molecular formula is C21H17BrFN3O2S. The van der Waals surface area contributed by atoms with E-state index in [9.17, 15) is 14.0 Å². The summed E-state index contributed by atoms with van der Waals surface area (Å²) in [5, 5.41) is 2.54. The summed E-state index contributed by atoms with van der Waals surface area (Å²) in [6.07, 6.45) is 3.49. The summed E-state index contributed by atoms with van der Waals surface area (Å²) in [5.41, 5.74) is 1.41. The number of carbonyl (C=O) groups excluding carboxylic acids is 2. The number of amides is 2. The molecule has 0 aromatic heterocycles. The van der Waals surface area contributed by atoms with Crippen LogP contribution in [0.25, 0.3) is 6.08 Å². The molecule has 2 aromatic rings. The van der Waals surface area contributed by atoms with Gasteiger partial charge in [-0.2, -0.15) is 0 Å². The zero-order valence-corrected chi connectivity index (χ0v) is 17.7. The van der Waals surface area contributed by atoms with Crippen LogP contribution in [0.1, 0.15) is 18.4 Å². The fourth-order valence-corrected chi connectivity index (χ4v) is 4.02. The summed E-state index contributed by atoms with van der Waals surface area (Å²) in [6, 6.07) is 11.7. The van der Waals surface area contributed by atoms with Crippen molar-refractivity contribution in [1.82, 2.24) is 5.32 Å². The topological polar surface area (TPSA) is 52.7 Å². The maximum Gasteiger partial charge on any atom is 0.270 e. The van der Waals surface area contributed by atoms with Crippen LogP contribution in [0.15, 0.2) is 52.5 Å². The first-order valence-corrected chi connectivity index (χ1v) is 10.4. The number of halogens is 2. The third-order valence-electron chi connectivity index (χ3n) is 4.92. The molecule has 2 aromatic carbocycles. The largest absolute Gasteiger partial charge is 0.369 e. The van der Waals surface area contributed by atoms with Crippen molar-refractivity contribution in [2.24, 2.45) is 0 Å². The molecule has 1 N–H and O–H groups in total. The van der Waals surface area contributed by atoms with Gasteiger partial charge in [0, 0.05) is 17.6 Å². The van der Waals surface area contributed by atoms with Crippen LogP contribution < -0.4 is 15.1 Å². The Balaban J connectivity index is 1.65. The van der Waals surface area contributed by atoms with Crippen LogP contribution in [-0.4, -0.2) is 30.0 Å². The number of benzene rings is 2. The monoisotopic (exact) mass is 473 g/mol. The van der Waals surface area contributed by atoms with Crippen molar-refractivity contribution < 1.29 is 14.0 Å². The van der Waals surface area contributed by atoms with Gasteiger partial charge in [0.2, 0.25) is 0 Å². The summed E-state index contributed by atoms with van der Waals surface area (Å²) >= 11 is 8.53. The Labute approximate surface area is 181 Å². The van der Waals surface area contributed by atoms with Gasteiger partial charge in [-0.25, -0.2) is 4.39 Å². The fourth-order valence-electron chi connectivity index (χ4n) is 3.48. The van der Waals surface area contributed by atoms with E-state index in [4.69, 9.17) is 12.2 Å². The van der Waals surface area contributed by atoms with E-state index < -0.39 is 11.8 Å². The van der Waals surface area contributed by atoms with E-state index in [1.807, 2.05) is 4.90 Å². The third-order valence-corrected chi connectivity index (χ3v) is 5.73. The first-order valence-electron chi connectivity index (χ1n) is 9.15. The van der Waals surface area contributed by atoms with Crippen LogP contribution in [0.5, 0.6) is 0 Å². The van der Waals surface area contributed by atoms with E-state index >= 15 is 0 Å². The SMILES string of the molecule is O=C1NC(=S)N(c2ccc(Br)cc2)C(=O)/C1=C/c1ccc(N2CCCC2)c(F)c1. The number of nitrogens with one attached hydrogen (secondary N) is 1. The zero-order chi connectivity index (χ0) is 20.5. The first-order chi connectivity index (χ1) is 13.9. The molecule has 0 atom stereocenters. The second-order valence-electron chi connectivity index (χ2n) is 6.84. The lowest BCUT2D eigenvalue weighted by molar-refractivity contribution is -0.122. The summed E-state index contributed by atoms with van der Waals surface area (Å²) in [6.45, 7) is 1.66. The van der Waals surface area contributed by atoms with Crippen molar-refractivity contribution in [3.05, 3.63) is 63.9 Å². The highest BCUT2D eigenvalue weighted by atomic mass is 79.9. The van der Waals surface area contributed by atoms with Gasteiger partial charge in [-0.1, -0.05) is 22.0 Å². The normalized spacial score (nSPS) is 18.6. The molecule has 148 valence electrons. The number of nitrogens with zero attached hydrogens (tertiary/aromatic N) is 2. The van der Waals surface area contributed by atoms with Gasteiger partial charge in [-0.3, -0.25) is 19.8 Å². The molecule has 0 unspecified atom stereocenters. The van der Waals surface area contributed by atoms with Crippen LogP contribution in [0.4, 0.5) is 15.8 Å². The molecule has 0 radical (unpaired) electrons. The van der Waals surface area contributed by atoms with Crippen LogP contribution >= 0.6 is 28.1 Å². The Hall–Kier alpha value is -2.58. The molecule has 2 amide bonds. The molecule has 0 spiro atoms. The average Bonchev–Trinajstić information content (AvgIpc) is 3.21. The molecular weight excluding hydrogens is 457 g/mol. The fraction of sp³-hybridized carbons (Fsp3) is 0.190. The predicted octanol–water partition coefficient (Wildman–Crippen LogP) is 4.02. The van der Waals surface area contributed by atoms with Gasteiger partial charge in [0.15, 0.2) is 5.11 Å². The first kappa shape index (κ1) is 19.7. The number of carbonyl (C=O) groups is 2. The number of thiocarbonyl (C=S) groups is 1. The van der Waals surface area contributed by atoms with Crippen LogP contribution in [-0.2, 0) is 9.59 Å². The Morgan fingerprint density at radius 3 is 2.41 bits per heavy atom. The predicted molar refractivity (Wildman–Crippen MR) is 118 cm³/mol. The summed E-state index contributed by atoms with van der Waals surface area (Å²) in [7, 11) is 0. The second kappa shape index (κ2) is 8.04. The molecule has 4 rings (SSSR count). The van der Waals surface area contributed by atoms with Crippen LogP contribution in [0.2, 0.25) is 0 Å². The molecule has 0 aliphatic carbocycles. The standard InChI is InChI=1S/C21H17BrFN3O2S/c22-14-4-6-15(7-5-14)26-20(28)16(19(27)24-21(26)29)11-13-3-8-18(17(23)12-13)25-9-1-2-10-25/h3-8,11-12H,1-2,9-10H2,(H,24,27,29)/b16-11+. The summed E-state index contributed by atoms with van der Waals surface area (Å²) < 4.78 is 15.5. The van der Waals surface area contributed by atoms with Gasteiger partial charge in [-0.15, -0.1) is 0 Å². The van der Waals surface area contributed by atoms with Crippen molar-refractivity contribution in [2.45, 2.75) is 12.8 Å². The Morgan fingerprint density at radius 2 is 1.76 bits per heavy atom. The minimum atomic E-state index is -0.600. The number of hydrogen-bond acceptors (Lipinski definition) is 4. The van der Waals surface area contributed by atoms with Crippen LogP contribution in [0.3, 0.4) is 0 Å². The highest BCUT2D eigenvalue weighted by Gasteiger charge is 2.34. The third kappa shape index (κ3) is 3.95. The van der Waals surface area contributed by atoms with Gasteiger partial charge in [0.25, 0.3) is 11.8 Å². The quantitative estimate of drug-likeness (QED) is 0.415. The highest BCUT2D eigenvalue weighted by Crippen LogP contribution is 2.27. The molecule has 2 saturated heterocycles. The van der Waals surface area contributed by atoms with Gasteiger partial charge < -0.3 is 4.90 Å². The number of anilines is 2. The molecule has 2 aliphatic heterocycles. The maximum atomic E-state index is 14.6. The molecule has 2 heterocycles. The van der Waals surface area contributed by atoms with Crippen molar-refractivity contribution in [1.29, 1.82) is 0 Å². The molecule has 8 heteroatoms. The molecule has 29 heavy (non-hydrogen) atoms. The van der Waals surface area contributed by atoms with Gasteiger partial charge in [0.05, 0.1) is 11.4 Å². The summed E-state index contributed by atoms with van der Waals surface area (Å²) in [4.78, 5) is 28.6. The van der Waals surface area contributed by atoms with E-state index in [0.717, 1.165) is 30.4 Å². The lowest BCUT2D eigenvalue weighted by atomic mass is 10.1. The van der Waals surface area contributed by atoms with E-state index in [2.05, 4.69) is 21.2 Å².